The highest BCUT2D eigenvalue weighted by atomic mass is 16.6. The molecule has 0 N–H and O–H groups in total. The third-order valence-corrected chi connectivity index (χ3v) is 8.38. The second-order valence-electron chi connectivity index (χ2n) is 9.59. The lowest BCUT2D eigenvalue weighted by Crippen LogP contribution is -2.51. The van der Waals surface area contributed by atoms with Crippen molar-refractivity contribution in [3.05, 3.63) is 12.2 Å². The van der Waals surface area contributed by atoms with E-state index in [1.54, 1.807) is 0 Å². The van der Waals surface area contributed by atoms with Crippen molar-refractivity contribution in [1.29, 1.82) is 0 Å². The molecule has 9 atom stereocenters. The highest BCUT2D eigenvalue weighted by Crippen LogP contribution is 2.57. The summed E-state index contributed by atoms with van der Waals surface area (Å²) < 4.78 is 12.0. The van der Waals surface area contributed by atoms with Crippen LogP contribution in [0.4, 0.5) is 0 Å². The molecule has 4 bridgehead atoms. The molecule has 5 aliphatic rings. The van der Waals surface area contributed by atoms with Gasteiger partial charge in [0, 0.05) is 0 Å². The summed E-state index contributed by atoms with van der Waals surface area (Å²) in [5.41, 5.74) is -0.743. The maximum absolute atomic E-state index is 13.0. The molecule has 5 rings (SSSR count). The average molecular weight is 358 g/mol. The Balaban J connectivity index is 1.38. The van der Waals surface area contributed by atoms with Crippen LogP contribution in [0.25, 0.3) is 0 Å². The maximum atomic E-state index is 13.0. The maximum Gasteiger partial charge on any atom is 0.313 e. The van der Waals surface area contributed by atoms with E-state index < -0.39 is 5.60 Å². The van der Waals surface area contributed by atoms with Crippen molar-refractivity contribution in [3.63, 3.8) is 0 Å². The van der Waals surface area contributed by atoms with Gasteiger partial charge >= 0.3 is 11.9 Å². The predicted molar refractivity (Wildman–Crippen MR) is 95.9 cm³/mol. The fraction of sp³-hybridized carbons (Fsp3) is 0.818. The molecule has 1 aliphatic heterocycles. The van der Waals surface area contributed by atoms with Crippen LogP contribution in [-0.4, -0.2) is 23.6 Å². The number of carbonyl (C=O) groups is 2. The lowest BCUT2D eigenvalue weighted by atomic mass is 9.72. The first kappa shape index (κ1) is 16.8. The van der Waals surface area contributed by atoms with Crippen LogP contribution in [0.2, 0.25) is 0 Å². The molecule has 4 nitrogen and oxygen atoms in total. The summed E-state index contributed by atoms with van der Waals surface area (Å²) in [6.07, 6.45) is 11.8. The number of fused-ring (bicyclic) bond motifs is 7. The van der Waals surface area contributed by atoms with Crippen molar-refractivity contribution in [2.45, 2.75) is 70.5 Å². The first-order chi connectivity index (χ1) is 12.5. The lowest BCUT2D eigenvalue weighted by Gasteiger charge is -2.42. The smallest absolute Gasteiger partial charge is 0.313 e. The largest absolute Gasteiger partial charge is 0.462 e. The Labute approximate surface area is 155 Å². The average Bonchev–Trinajstić information content (AvgIpc) is 3.38. The van der Waals surface area contributed by atoms with Crippen LogP contribution >= 0.6 is 0 Å². The van der Waals surface area contributed by atoms with Crippen molar-refractivity contribution in [3.8, 4) is 0 Å². The third-order valence-electron chi connectivity index (χ3n) is 8.38. The monoisotopic (exact) mass is 358 g/mol. The molecule has 9 unspecified atom stereocenters. The minimum atomic E-state index is -0.743. The van der Waals surface area contributed by atoms with Gasteiger partial charge in [-0.1, -0.05) is 25.5 Å². The second kappa shape index (κ2) is 5.84. The first-order valence-electron chi connectivity index (χ1n) is 10.6. The van der Waals surface area contributed by atoms with Gasteiger partial charge in [-0.25, -0.2) is 0 Å². The van der Waals surface area contributed by atoms with Gasteiger partial charge in [0.1, 0.15) is 11.7 Å². The van der Waals surface area contributed by atoms with Gasteiger partial charge in [-0.15, -0.1) is 0 Å². The molecule has 0 radical (unpaired) electrons. The van der Waals surface area contributed by atoms with Crippen LogP contribution in [0.15, 0.2) is 12.2 Å². The molecule has 142 valence electrons. The van der Waals surface area contributed by atoms with Gasteiger partial charge in [-0.05, 0) is 75.0 Å². The molecule has 0 aromatic heterocycles. The van der Waals surface area contributed by atoms with E-state index in [0.29, 0.717) is 36.0 Å². The molecule has 0 aromatic carbocycles. The minimum Gasteiger partial charge on any atom is -0.462 e. The Morgan fingerprint density at radius 2 is 2.00 bits per heavy atom. The number of hydrogen-bond acceptors (Lipinski definition) is 4. The third kappa shape index (κ3) is 2.33. The Morgan fingerprint density at radius 3 is 2.69 bits per heavy atom. The zero-order valence-corrected chi connectivity index (χ0v) is 15.9. The van der Waals surface area contributed by atoms with E-state index in [9.17, 15) is 9.59 Å². The van der Waals surface area contributed by atoms with Crippen LogP contribution in [0.5, 0.6) is 0 Å². The highest BCUT2D eigenvalue weighted by Gasteiger charge is 2.61. The number of allylic oxidation sites excluding steroid dienone is 2. The summed E-state index contributed by atoms with van der Waals surface area (Å²) in [5, 5.41) is 0. The van der Waals surface area contributed by atoms with Crippen molar-refractivity contribution >= 4 is 11.9 Å². The van der Waals surface area contributed by atoms with Crippen LogP contribution in [0, 0.1) is 41.4 Å². The van der Waals surface area contributed by atoms with E-state index in [1.165, 1.54) is 19.3 Å². The Hall–Kier alpha value is -1.32. The summed E-state index contributed by atoms with van der Waals surface area (Å²) in [4.78, 5) is 25.9. The van der Waals surface area contributed by atoms with Crippen molar-refractivity contribution in [2.75, 3.05) is 0 Å². The normalized spacial score (nSPS) is 47.5. The molecular formula is C22H30O4. The van der Waals surface area contributed by atoms with Crippen LogP contribution in [0.1, 0.15) is 58.8 Å². The fourth-order valence-electron chi connectivity index (χ4n) is 6.96. The van der Waals surface area contributed by atoms with E-state index >= 15 is 0 Å². The molecule has 4 fully saturated rings. The van der Waals surface area contributed by atoms with E-state index in [-0.39, 0.29) is 29.9 Å². The number of hydrogen-bond donors (Lipinski definition) is 0. The highest BCUT2D eigenvalue weighted by molar-refractivity contribution is 5.78. The molecule has 0 amide bonds. The van der Waals surface area contributed by atoms with Crippen LogP contribution in [-0.2, 0) is 19.1 Å². The standard InChI is InChI=1S/C22H30O4/c1-3-22(2,26-20(23)16-10-12-7-8-13(16)9-12)19-17-11-18(25-21(19)24)15-6-4-5-14(15)17/h7-8,12-19H,3-6,9-11H2,1-2H3. The second-order valence-corrected chi connectivity index (χ2v) is 9.59. The summed E-state index contributed by atoms with van der Waals surface area (Å²) in [7, 11) is 0. The first-order valence-corrected chi connectivity index (χ1v) is 10.6. The van der Waals surface area contributed by atoms with Crippen LogP contribution in [0.3, 0.4) is 0 Å². The van der Waals surface area contributed by atoms with Gasteiger partial charge in [0.15, 0.2) is 0 Å². The summed E-state index contributed by atoms with van der Waals surface area (Å²) in [5.74, 6) is 1.79. The zero-order chi connectivity index (χ0) is 18.1. The molecule has 4 heteroatoms. The number of ether oxygens (including phenoxy) is 2. The number of rotatable bonds is 4. The summed E-state index contributed by atoms with van der Waals surface area (Å²) >= 11 is 0. The molecule has 0 spiro atoms. The van der Waals surface area contributed by atoms with Gasteiger partial charge in [-0.3, -0.25) is 9.59 Å². The summed E-state index contributed by atoms with van der Waals surface area (Å²) in [6, 6.07) is 0. The zero-order valence-electron chi connectivity index (χ0n) is 15.9. The van der Waals surface area contributed by atoms with E-state index in [2.05, 4.69) is 12.2 Å². The summed E-state index contributed by atoms with van der Waals surface area (Å²) in [6.45, 7) is 4.01. The van der Waals surface area contributed by atoms with E-state index in [4.69, 9.17) is 9.47 Å². The van der Waals surface area contributed by atoms with Crippen molar-refractivity contribution in [1.82, 2.24) is 0 Å². The molecule has 4 aliphatic carbocycles. The number of carbonyl (C=O) groups excluding carboxylic acids is 2. The molecule has 0 aromatic rings. The van der Waals surface area contributed by atoms with Gasteiger partial charge in [0.25, 0.3) is 0 Å². The Kier molecular flexibility index (Phi) is 3.78. The van der Waals surface area contributed by atoms with Crippen molar-refractivity contribution in [2.24, 2.45) is 41.4 Å². The van der Waals surface area contributed by atoms with Crippen molar-refractivity contribution < 1.29 is 19.1 Å². The molecule has 1 heterocycles. The minimum absolute atomic E-state index is 0.0222. The lowest BCUT2D eigenvalue weighted by molar-refractivity contribution is -0.190. The quantitative estimate of drug-likeness (QED) is 0.565. The van der Waals surface area contributed by atoms with E-state index in [1.807, 2.05) is 13.8 Å². The Bertz CT molecular complexity index is 655. The van der Waals surface area contributed by atoms with Gasteiger partial charge in [0.05, 0.1) is 11.8 Å². The van der Waals surface area contributed by atoms with Crippen LogP contribution < -0.4 is 0 Å². The SMILES string of the molecule is CCC(C)(OC(=O)C1CC2C=CC1C2)C1C(=O)OC2CC1C1CCCC21. The van der Waals surface area contributed by atoms with Gasteiger partial charge in [-0.2, -0.15) is 0 Å². The topological polar surface area (TPSA) is 52.6 Å². The molecule has 26 heavy (non-hydrogen) atoms. The molecule has 1 saturated heterocycles. The molecule has 3 saturated carbocycles. The van der Waals surface area contributed by atoms with E-state index in [0.717, 1.165) is 19.3 Å². The molecular weight excluding hydrogens is 328 g/mol. The number of esters is 2. The predicted octanol–water partition coefficient (Wildman–Crippen LogP) is 3.89. The Morgan fingerprint density at radius 1 is 1.19 bits per heavy atom. The van der Waals surface area contributed by atoms with Gasteiger partial charge < -0.3 is 9.47 Å². The fourth-order valence-corrected chi connectivity index (χ4v) is 6.96. The van der Waals surface area contributed by atoms with Gasteiger partial charge in [0.2, 0.25) is 0 Å².